The zero-order valence-corrected chi connectivity index (χ0v) is 10.0. The fourth-order valence-electron chi connectivity index (χ4n) is 2.30. The van der Waals surface area contributed by atoms with Gasteiger partial charge >= 0.3 is 0 Å². The summed E-state index contributed by atoms with van der Waals surface area (Å²) in [7, 11) is 1.55. The number of halogens is 1. The van der Waals surface area contributed by atoms with Crippen LogP contribution in [0, 0.1) is 11.7 Å². The van der Waals surface area contributed by atoms with Gasteiger partial charge in [-0.15, -0.1) is 0 Å². The summed E-state index contributed by atoms with van der Waals surface area (Å²) in [6, 6.07) is 4.63. The lowest BCUT2D eigenvalue weighted by Gasteiger charge is -2.17. The van der Waals surface area contributed by atoms with Crippen LogP contribution in [0.4, 0.5) is 4.39 Å². The molecule has 0 radical (unpaired) electrons. The second-order valence-electron chi connectivity index (χ2n) is 4.53. The molecule has 1 fully saturated rings. The van der Waals surface area contributed by atoms with Crippen LogP contribution < -0.4 is 4.74 Å². The first-order valence-electron chi connectivity index (χ1n) is 5.88. The minimum Gasteiger partial charge on any atom is -0.496 e. The third-order valence-corrected chi connectivity index (χ3v) is 3.27. The van der Waals surface area contributed by atoms with Crippen LogP contribution in [0.15, 0.2) is 18.2 Å². The molecular weight excluding hydrogens is 221 g/mol. The summed E-state index contributed by atoms with van der Waals surface area (Å²) in [6.07, 6.45) is 1.03. The van der Waals surface area contributed by atoms with E-state index in [-0.39, 0.29) is 12.4 Å². The molecule has 0 amide bonds. The normalized spacial score (nSPS) is 20.8. The monoisotopic (exact) mass is 239 g/mol. The number of aliphatic hydroxyl groups excluding tert-OH is 1. The van der Waals surface area contributed by atoms with Gasteiger partial charge in [0.25, 0.3) is 0 Å². The lowest BCUT2D eigenvalue weighted by molar-refractivity contribution is 0.219. The van der Waals surface area contributed by atoms with Crippen LogP contribution in [-0.2, 0) is 6.54 Å². The van der Waals surface area contributed by atoms with Crippen molar-refractivity contribution in [2.75, 3.05) is 26.8 Å². The van der Waals surface area contributed by atoms with Crippen LogP contribution in [0.3, 0.4) is 0 Å². The fraction of sp³-hybridized carbons (Fsp3) is 0.538. The maximum Gasteiger partial charge on any atom is 0.126 e. The summed E-state index contributed by atoms with van der Waals surface area (Å²) in [5, 5.41) is 9.09. The molecule has 3 nitrogen and oxygen atoms in total. The van der Waals surface area contributed by atoms with E-state index in [1.807, 2.05) is 0 Å². The van der Waals surface area contributed by atoms with Crippen molar-refractivity contribution in [3.05, 3.63) is 29.6 Å². The van der Waals surface area contributed by atoms with Crippen LogP contribution in [0.2, 0.25) is 0 Å². The summed E-state index contributed by atoms with van der Waals surface area (Å²) in [5.41, 5.74) is 0.993. The van der Waals surface area contributed by atoms with E-state index in [2.05, 4.69) is 4.90 Å². The SMILES string of the molecule is COc1cc(F)ccc1CN1CCC(CO)C1. The van der Waals surface area contributed by atoms with Crippen molar-refractivity contribution >= 4 is 0 Å². The molecule has 0 spiro atoms. The predicted octanol–water partition coefficient (Wildman–Crippen LogP) is 1.65. The van der Waals surface area contributed by atoms with E-state index >= 15 is 0 Å². The third kappa shape index (κ3) is 2.96. The smallest absolute Gasteiger partial charge is 0.126 e. The van der Waals surface area contributed by atoms with Gasteiger partial charge in [0, 0.05) is 31.3 Å². The Morgan fingerprint density at radius 1 is 1.53 bits per heavy atom. The molecule has 1 saturated heterocycles. The van der Waals surface area contributed by atoms with Gasteiger partial charge in [-0.2, -0.15) is 0 Å². The highest BCUT2D eigenvalue weighted by Crippen LogP contribution is 2.24. The van der Waals surface area contributed by atoms with Gasteiger partial charge < -0.3 is 9.84 Å². The first kappa shape index (κ1) is 12.3. The number of hydrogen-bond donors (Lipinski definition) is 1. The molecule has 1 aliphatic heterocycles. The van der Waals surface area contributed by atoms with E-state index in [1.54, 1.807) is 13.2 Å². The minimum atomic E-state index is -0.278. The number of likely N-dealkylation sites (tertiary alicyclic amines) is 1. The topological polar surface area (TPSA) is 32.7 Å². The van der Waals surface area contributed by atoms with Gasteiger partial charge in [-0.25, -0.2) is 4.39 Å². The Morgan fingerprint density at radius 2 is 2.35 bits per heavy atom. The highest BCUT2D eigenvalue weighted by molar-refractivity contribution is 5.33. The van der Waals surface area contributed by atoms with Crippen LogP contribution in [0.5, 0.6) is 5.75 Å². The Labute approximate surface area is 101 Å². The highest BCUT2D eigenvalue weighted by atomic mass is 19.1. The average molecular weight is 239 g/mol. The molecule has 1 N–H and O–H groups in total. The second-order valence-corrected chi connectivity index (χ2v) is 4.53. The van der Waals surface area contributed by atoms with E-state index in [0.29, 0.717) is 11.7 Å². The molecule has 1 aromatic carbocycles. The quantitative estimate of drug-likeness (QED) is 0.867. The Kier molecular flexibility index (Phi) is 3.97. The molecule has 2 rings (SSSR count). The van der Waals surface area contributed by atoms with Crippen LogP contribution in [0.25, 0.3) is 0 Å². The summed E-state index contributed by atoms with van der Waals surface area (Å²) >= 11 is 0. The maximum atomic E-state index is 13.0. The van der Waals surface area contributed by atoms with E-state index in [0.717, 1.165) is 31.6 Å². The number of methoxy groups -OCH3 is 1. The highest BCUT2D eigenvalue weighted by Gasteiger charge is 2.22. The molecule has 0 bridgehead atoms. The van der Waals surface area contributed by atoms with Crippen LogP contribution in [0.1, 0.15) is 12.0 Å². The van der Waals surface area contributed by atoms with E-state index in [1.165, 1.54) is 12.1 Å². The molecule has 4 heteroatoms. The van der Waals surface area contributed by atoms with Gasteiger partial charge in [0.15, 0.2) is 0 Å². The van der Waals surface area contributed by atoms with Crippen molar-refractivity contribution in [3.8, 4) is 5.75 Å². The molecular formula is C13H18FNO2. The number of benzene rings is 1. The fourth-order valence-corrected chi connectivity index (χ4v) is 2.30. The largest absolute Gasteiger partial charge is 0.496 e. The molecule has 1 aliphatic rings. The first-order chi connectivity index (χ1) is 8.22. The number of rotatable bonds is 4. The number of aliphatic hydroxyl groups is 1. The first-order valence-corrected chi connectivity index (χ1v) is 5.88. The lowest BCUT2D eigenvalue weighted by Crippen LogP contribution is -2.21. The Morgan fingerprint density at radius 3 is 3.00 bits per heavy atom. The molecule has 0 saturated carbocycles. The Balaban J connectivity index is 2.03. The zero-order valence-electron chi connectivity index (χ0n) is 10.0. The van der Waals surface area contributed by atoms with Crippen LogP contribution >= 0.6 is 0 Å². The zero-order chi connectivity index (χ0) is 12.3. The van der Waals surface area contributed by atoms with Crippen molar-refractivity contribution in [1.82, 2.24) is 4.90 Å². The van der Waals surface area contributed by atoms with E-state index in [4.69, 9.17) is 9.84 Å². The second kappa shape index (κ2) is 5.47. The van der Waals surface area contributed by atoms with Gasteiger partial charge in [-0.05, 0) is 24.9 Å². The lowest BCUT2D eigenvalue weighted by atomic mass is 10.1. The van der Waals surface area contributed by atoms with E-state index < -0.39 is 0 Å². The van der Waals surface area contributed by atoms with Crippen molar-refractivity contribution in [2.24, 2.45) is 5.92 Å². The summed E-state index contributed by atoms with van der Waals surface area (Å²) in [6.45, 7) is 2.87. The number of ether oxygens (including phenoxy) is 1. The van der Waals surface area contributed by atoms with Crippen LogP contribution in [-0.4, -0.2) is 36.8 Å². The minimum absolute atomic E-state index is 0.247. The van der Waals surface area contributed by atoms with Crippen molar-refractivity contribution in [3.63, 3.8) is 0 Å². The number of hydrogen-bond acceptors (Lipinski definition) is 3. The van der Waals surface area contributed by atoms with Gasteiger partial charge in [0.05, 0.1) is 7.11 Å². The maximum absolute atomic E-state index is 13.0. The van der Waals surface area contributed by atoms with Gasteiger partial charge in [-0.3, -0.25) is 4.90 Å². The van der Waals surface area contributed by atoms with Gasteiger partial charge in [0.1, 0.15) is 11.6 Å². The summed E-state index contributed by atoms with van der Waals surface area (Å²) in [4.78, 5) is 2.26. The molecule has 17 heavy (non-hydrogen) atoms. The van der Waals surface area contributed by atoms with Gasteiger partial charge in [0.2, 0.25) is 0 Å². The standard InChI is InChI=1S/C13H18FNO2/c1-17-13-6-12(14)3-2-11(13)8-15-5-4-10(7-15)9-16/h2-3,6,10,16H,4-5,7-9H2,1H3. The molecule has 1 heterocycles. The van der Waals surface area contributed by atoms with Crippen molar-refractivity contribution in [2.45, 2.75) is 13.0 Å². The molecule has 94 valence electrons. The Bertz CT molecular complexity index is 384. The summed E-state index contributed by atoms with van der Waals surface area (Å²) in [5.74, 6) is 0.694. The van der Waals surface area contributed by atoms with Crippen molar-refractivity contribution in [1.29, 1.82) is 0 Å². The molecule has 1 aromatic rings. The van der Waals surface area contributed by atoms with E-state index in [9.17, 15) is 4.39 Å². The Hall–Kier alpha value is -1.13. The molecule has 0 aromatic heterocycles. The van der Waals surface area contributed by atoms with Crippen molar-refractivity contribution < 1.29 is 14.2 Å². The molecule has 0 aliphatic carbocycles. The molecule has 1 unspecified atom stereocenters. The average Bonchev–Trinajstić information content (AvgIpc) is 2.79. The summed E-state index contributed by atoms with van der Waals surface area (Å²) < 4.78 is 18.2. The third-order valence-electron chi connectivity index (χ3n) is 3.27. The van der Waals surface area contributed by atoms with Gasteiger partial charge in [-0.1, -0.05) is 6.07 Å². The predicted molar refractivity (Wildman–Crippen MR) is 63.4 cm³/mol. The molecule has 1 atom stereocenters. The number of nitrogens with zero attached hydrogens (tertiary/aromatic N) is 1.